The van der Waals surface area contributed by atoms with Crippen LogP contribution in [0, 0.1) is 6.92 Å². The highest BCUT2D eigenvalue weighted by atomic mass is 16.5. The first-order chi connectivity index (χ1) is 8.72. The number of nitrogens with zero attached hydrogens (tertiary/aromatic N) is 2. The van der Waals surface area contributed by atoms with E-state index in [4.69, 9.17) is 4.74 Å². The molecule has 0 unspecified atom stereocenters. The van der Waals surface area contributed by atoms with Crippen LogP contribution in [0.3, 0.4) is 0 Å². The standard InChI is InChI=1S/C14H23N3O/c1-11-8-12(10-15-2)9-14(16-11)17-6-4-13(18-3)5-7-17/h8-9,13,15H,4-7,10H2,1-3H3. The molecule has 0 atom stereocenters. The van der Waals surface area contributed by atoms with E-state index in [2.05, 4.69) is 34.3 Å². The first kappa shape index (κ1) is 13.3. The molecule has 1 fully saturated rings. The van der Waals surface area contributed by atoms with E-state index < -0.39 is 0 Å². The van der Waals surface area contributed by atoms with Crippen LogP contribution >= 0.6 is 0 Å². The Labute approximate surface area is 109 Å². The third-order valence-electron chi connectivity index (χ3n) is 3.48. The molecule has 0 radical (unpaired) electrons. The molecule has 0 bridgehead atoms. The summed E-state index contributed by atoms with van der Waals surface area (Å²) in [6.07, 6.45) is 2.60. The maximum absolute atomic E-state index is 5.40. The number of aryl methyl sites for hydroxylation is 1. The summed E-state index contributed by atoms with van der Waals surface area (Å²) in [6.45, 7) is 5.03. The number of piperidine rings is 1. The summed E-state index contributed by atoms with van der Waals surface area (Å²) < 4.78 is 5.40. The molecule has 18 heavy (non-hydrogen) atoms. The highest BCUT2D eigenvalue weighted by Gasteiger charge is 2.19. The van der Waals surface area contributed by atoms with Gasteiger partial charge in [-0.15, -0.1) is 0 Å². The SMILES string of the molecule is CNCc1cc(C)nc(N2CCC(OC)CC2)c1. The maximum Gasteiger partial charge on any atom is 0.129 e. The number of methoxy groups -OCH3 is 1. The van der Waals surface area contributed by atoms with Crippen LogP contribution < -0.4 is 10.2 Å². The number of pyridine rings is 1. The normalized spacial score (nSPS) is 17.2. The second-order valence-electron chi connectivity index (χ2n) is 4.93. The van der Waals surface area contributed by atoms with Crippen LogP contribution in [0.2, 0.25) is 0 Å². The Morgan fingerprint density at radius 1 is 1.39 bits per heavy atom. The van der Waals surface area contributed by atoms with Crippen LogP contribution in [0.15, 0.2) is 12.1 Å². The van der Waals surface area contributed by atoms with Crippen molar-refractivity contribution in [2.45, 2.75) is 32.4 Å². The van der Waals surface area contributed by atoms with Crippen LogP contribution in [0.25, 0.3) is 0 Å². The third-order valence-corrected chi connectivity index (χ3v) is 3.48. The number of ether oxygens (including phenoxy) is 1. The molecule has 0 saturated carbocycles. The molecule has 1 saturated heterocycles. The highest BCUT2D eigenvalue weighted by Crippen LogP contribution is 2.21. The number of aromatic nitrogens is 1. The van der Waals surface area contributed by atoms with E-state index in [1.165, 1.54) is 5.56 Å². The number of hydrogen-bond acceptors (Lipinski definition) is 4. The van der Waals surface area contributed by atoms with E-state index in [-0.39, 0.29) is 0 Å². The summed E-state index contributed by atoms with van der Waals surface area (Å²) in [4.78, 5) is 7.01. The first-order valence-corrected chi connectivity index (χ1v) is 6.63. The molecule has 1 aromatic heterocycles. The van der Waals surface area contributed by atoms with E-state index in [1.807, 2.05) is 7.05 Å². The van der Waals surface area contributed by atoms with Crippen molar-refractivity contribution in [1.29, 1.82) is 0 Å². The van der Waals surface area contributed by atoms with Gasteiger partial charge in [0.25, 0.3) is 0 Å². The molecule has 1 aliphatic heterocycles. The monoisotopic (exact) mass is 249 g/mol. The smallest absolute Gasteiger partial charge is 0.129 e. The molecule has 0 spiro atoms. The average Bonchev–Trinajstić information content (AvgIpc) is 2.38. The zero-order valence-electron chi connectivity index (χ0n) is 11.6. The van der Waals surface area contributed by atoms with Gasteiger partial charge in [0, 0.05) is 32.4 Å². The van der Waals surface area contributed by atoms with Gasteiger partial charge in [-0.1, -0.05) is 0 Å². The van der Waals surface area contributed by atoms with Crippen molar-refractivity contribution in [3.63, 3.8) is 0 Å². The van der Waals surface area contributed by atoms with Gasteiger partial charge in [0.15, 0.2) is 0 Å². The molecule has 4 nitrogen and oxygen atoms in total. The Balaban J connectivity index is 2.08. The predicted octanol–water partition coefficient (Wildman–Crippen LogP) is 1.72. The highest BCUT2D eigenvalue weighted by molar-refractivity contribution is 5.43. The zero-order chi connectivity index (χ0) is 13.0. The molecular weight excluding hydrogens is 226 g/mol. The van der Waals surface area contributed by atoms with Gasteiger partial charge >= 0.3 is 0 Å². The lowest BCUT2D eigenvalue weighted by atomic mass is 10.1. The average molecular weight is 249 g/mol. The lowest BCUT2D eigenvalue weighted by Crippen LogP contribution is -2.37. The largest absolute Gasteiger partial charge is 0.381 e. The molecule has 0 aliphatic carbocycles. The van der Waals surface area contributed by atoms with Gasteiger partial charge in [-0.25, -0.2) is 4.98 Å². The maximum atomic E-state index is 5.40. The van der Waals surface area contributed by atoms with E-state index in [0.717, 1.165) is 44.0 Å². The fourth-order valence-electron chi connectivity index (χ4n) is 2.51. The molecule has 1 N–H and O–H groups in total. The first-order valence-electron chi connectivity index (χ1n) is 6.63. The van der Waals surface area contributed by atoms with Crippen LogP contribution in [-0.4, -0.2) is 38.3 Å². The summed E-state index contributed by atoms with van der Waals surface area (Å²) >= 11 is 0. The molecule has 2 rings (SSSR count). The van der Waals surface area contributed by atoms with E-state index >= 15 is 0 Å². The summed E-state index contributed by atoms with van der Waals surface area (Å²) in [7, 11) is 3.77. The van der Waals surface area contributed by atoms with Crippen molar-refractivity contribution in [3.05, 3.63) is 23.4 Å². The van der Waals surface area contributed by atoms with Crippen molar-refractivity contribution in [1.82, 2.24) is 10.3 Å². The number of rotatable bonds is 4. The molecule has 100 valence electrons. The van der Waals surface area contributed by atoms with E-state index in [9.17, 15) is 0 Å². The second-order valence-corrected chi connectivity index (χ2v) is 4.93. The van der Waals surface area contributed by atoms with Crippen molar-refractivity contribution in [2.24, 2.45) is 0 Å². The molecule has 4 heteroatoms. The van der Waals surface area contributed by atoms with Crippen LogP contribution in [0.5, 0.6) is 0 Å². The minimum absolute atomic E-state index is 0.419. The fourth-order valence-corrected chi connectivity index (χ4v) is 2.51. The van der Waals surface area contributed by atoms with Crippen LogP contribution in [-0.2, 0) is 11.3 Å². The summed E-state index contributed by atoms with van der Waals surface area (Å²) in [5, 5.41) is 3.19. The molecular formula is C14H23N3O. The lowest BCUT2D eigenvalue weighted by Gasteiger charge is -2.32. The quantitative estimate of drug-likeness (QED) is 0.882. The van der Waals surface area contributed by atoms with Crippen molar-refractivity contribution >= 4 is 5.82 Å². The lowest BCUT2D eigenvalue weighted by molar-refractivity contribution is 0.0818. The summed E-state index contributed by atoms with van der Waals surface area (Å²) in [5.41, 5.74) is 2.39. The predicted molar refractivity (Wildman–Crippen MR) is 74.0 cm³/mol. The van der Waals surface area contributed by atoms with Gasteiger partial charge in [0.05, 0.1) is 6.10 Å². The van der Waals surface area contributed by atoms with E-state index in [0.29, 0.717) is 6.10 Å². The minimum atomic E-state index is 0.419. The topological polar surface area (TPSA) is 37.4 Å². The summed E-state index contributed by atoms with van der Waals surface area (Å²) in [6, 6.07) is 4.33. The number of nitrogens with one attached hydrogen (secondary N) is 1. The molecule has 1 aromatic rings. The fraction of sp³-hybridized carbons (Fsp3) is 0.643. The van der Waals surface area contributed by atoms with Crippen LogP contribution in [0.4, 0.5) is 5.82 Å². The van der Waals surface area contributed by atoms with Gasteiger partial charge in [0.2, 0.25) is 0 Å². The van der Waals surface area contributed by atoms with Gasteiger partial charge in [-0.3, -0.25) is 0 Å². The molecule has 0 amide bonds. The Morgan fingerprint density at radius 3 is 2.72 bits per heavy atom. The van der Waals surface area contributed by atoms with Gasteiger partial charge in [-0.2, -0.15) is 0 Å². The molecule has 1 aliphatic rings. The Kier molecular flexibility index (Phi) is 4.55. The number of hydrogen-bond donors (Lipinski definition) is 1. The van der Waals surface area contributed by atoms with Crippen molar-refractivity contribution in [2.75, 3.05) is 32.1 Å². The summed E-state index contributed by atoms with van der Waals surface area (Å²) in [5.74, 6) is 1.11. The second kappa shape index (κ2) is 6.16. The van der Waals surface area contributed by atoms with Gasteiger partial charge in [0.1, 0.15) is 5.82 Å². The van der Waals surface area contributed by atoms with Gasteiger partial charge < -0.3 is 15.0 Å². The van der Waals surface area contributed by atoms with Crippen molar-refractivity contribution < 1.29 is 4.74 Å². The number of anilines is 1. The Morgan fingerprint density at radius 2 is 2.11 bits per heavy atom. The van der Waals surface area contributed by atoms with E-state index in [1.54, 1.807) is 7.11 Å². The molecule has 0 aromatic carbocycles. The minimum Gasteiger partial charge on any atom is -0.381 e. The Hall–Kier alpha value is -1.13. The zero-order valence-corrected chi connectivity index (χ0v) is 11.6. The van der Waals surface area contributed by atoms with Gasteiger partial charge in [-0.05, 0) is 44.5 Å². The Bertz CT molecular complexity index is 387. The van der Waals surface area contributed by atoms with Crippen molar-refractivity contribution in [3.8, 4) is 0 Å². The molecule has 2 heterocycles. The third kappa shape index (κ3) is 3.21. The van der Waals surface area contributed by atoms with Crippen LogP contribution in [0.1, 0.15) is 24.1 Å².